The Morgan fingerprint density at radius 2 is 2.31 bits per heavy atom. The zero-order valence-corrected chi connectivity index (χ0v) is 7.26. The molecular weight excluding hydrogens is 170 g/mol. The summed E-state index contributed by atoms with van der Waals surface area (Å²) in [6, 6.07) is 0. The van der Waals surface area contributed by atoms with Gasteiger partial charge in [-0.1, -0.05) is 5.57 Å². The van der Waals surface area contributed by atoms with E-state index in [0.29, 0.717) is 12.1 Å². The molecule has 0 aromatic carbocycles. The fraction of sp³-hybridized carbons (Fsp3) is 0.250. The fourth-order valence-electron chi connectivity index (χ4n) is 0.852. The van der Waals surface area contributed by atoms with Crippen LogP contribution >= 0.6 is 0 Å². The van der Waals surface area contributed by atoms with E-state index in [-0.39, 0.29) is 0 Å². The van der Waals surface area contributed by atoms with Crippen molar-refractivity contribution in [1.82, 2.24) is 9.97 Å². The van der Waals surface area contributed by atoms with Gasteiger partial charge in [-0.2, -0.15) is 0 Å². The summed E-state index contributed by atoms with van der Waals surface area (Å²) >= 11 is 0. The first-order valence-corrected chi connectivity index (χ1v) is 3.82. The van der Waals surface area contributed by atoms with Crippen molar-refractivity contribution in [3.8, 4) is 0 Å². The van der Waals surface area contributed by atoms with Crippen molar-refractivity contribution in [2.24, 2.45) is 5.73 Å². The molecular formula is C8H11N3O2. The maximum Gasteiger partial charge on any atom is 0.325 e. The Bertz CT molecular complexity index is 428. The summed E-state index contributed by atoms with van der Waals surface area (Å²) in [5, 5.41) is 0. The molecule has 1 rings (SSSR count). The van der Waals surface area contributed by atoms with Crippen LogP contribution in [0.4, 0.5) is 0 Å². The summed E-state index contributed by atoms with van der Waals surface area (Å²) in [7, 11) is 0. The molecule has 0 fully saturated rings. The van der Waals surface area contributed by atoms with Crippen molar-refractivity contribution >= 4 is 6.08 Å². The highest BCUT2D eigenvalue weighted by Crippen LogP contribution is 1.96. The van der Waals surface area contributed by atoms with Gasteiger partial charge in [-0.3, -0.25) is 9.78 Å². The van der Waals surface area contributed by atoms with E-state index in [1.807, 2.05) is 6.92 Å². The van der Waals surface area contributed by atoms with E-state index in [9.17, 15) is 9.59 Å². The van der Waals surface area contributed by atoms with Gasteiger partial charge in [0, 0.05) is 12.7 Å². The quantitative estimate of drug-likeness (QED) is 0.570. The molecule has 0 aliphatic carbocycles. The Hall–Kier alpha value is -1.62. The summed E-state index contributed by atoms with van der Waals surface area (Å²) < 4.78 is 0. The molecule has 1 aromatic rings. The minimum absolute atomic E-state index is 0.387. The number of hydrogen-bond donors (Lipinski definition) is 3. The van der Waals surface area contributed by atoms with Gasteiger partial charge < -0.3 is 10.7 Å². The second kappa shape index (κ2) is 3.86. The Morgan fingerprint density at radius 1 is 1.62 bits per heavy atom. The largest absolute Gasteiger partial charge is 0.327 e. The molecule has 0 bridgehead atoms. The fourth-order valence-corrected chi connectivity index (χ4v) is 0.852. The molecule has 5 nitrogen and oxygen atoms in total. The predicted molar refractivity (Wildman–Crippen MR) is 50.4 cm³/mol. The second-order valence-electron chi connectivity index (χ2n) is 2.72. The van der Waals surface area contributed by atoms with Crippen molar-refractivity contribution in [1.29, 1.82) is 0 Å². The topological polar surface area (TPSA) is 91.7 Å². The number of aromatic nitrogens is 2. The Kier molecular flexibility index (Phi) is 2.81. The third-order valence-corrected chi connectivity index (χ3v) is 1.57. The highest BCUT2D eigenvalue weighted by molar-refractivity contribution is 5.50. The monoisotopic (exact) mass is 181 g/mol. The maximum absolute atomic E-state index is 11.1. The minimum atomic E-state index is -0.507. The molecule has 0 saturated carbocycles. The van der Waals surface area contributed by atoms with Gasteiger partial charge in [-0.05, 0) is 13.0 Å². The van der Waals surface area contributed by atoms with Gasteiger partial charge in [0.15, 0.2) is 0 Å². The molecule has 1 heterocycles. The molecule has 1 aromatic heterocycles. The Morgan fingerprint density at radius 3 is 2.85 bits per heavy atom. The zero-order chi connectivity index (χ0) is 9.84. The molecule has 13 heavy (non-hydrogen) atoms. The third kappa shape index (κ3) is 2.41. The first-order valence-electron chi connectivity index (χ1n) is 3.82. The van der Waals surface area contributed by atoms with E-state index in [2.05, 4.69) is 9.97 Å². The van der Waals surface area contributed by atoms with E-state index >= 15 is 0 Å². The molecule has 5 heteroatoms. The average molecular weight is 181 g/mol. The van der Waals surface area contributed by atoms with Gasteiger partial charge in [0.25, 0.3) is 5.56 Å². The van der Waals surface area contributed by atoms with Crippen LogP contribution in [0.3, 0.4) is 0 Å². The van der Waals surface area contributed by atoms with Crippen molar-refractivity contribution in [2.75, 3.05) is 6.54 Å². The van der Waals surface area contributed by atoms with Crippen LogP contribution in [0.1, 0.15) is 12.5 Å². The molecule has 0 aliphatic rings. The molecule has 0 radical (unpaired) electrons. The number of aromatic amines is 2. The lowest BCUT2D eigenvalue weighted by Gasteiger charge is -1.94. The third-order valence-electron chi connectivity index (χ3n) is 1.57. The van der Waals surface area contributed by atoms with Gasteiger partial charge in [-0.15, -0.1) is 0 Å². The molecule has 0 unspecified atom stereocenters. The molecule has 0 atom stereocenters. The number of H-pyrrole nitrogens is 2. The lowest BCUT2D eigenvalue weighted by molar-refractivity contribution is 1.03. The average Bonchev–Trinajstić information content (AvgIpc) is 2.09. The van der Waals surface area contributed by atoms with Crippen molar-refractivity contribution in [3.63, 3.8) is 0 Å². The summed E-state index contributed by atoms with van der Waals surface area (Å²) in [5.41, 5.74) is 5.71. The summed E-state index contributed by atoms with van der Waals surface area (Å²) in [4.78, 5) is 26.3. The summed E-state index contributed by atoms with van der Waals surface area (Å²) in [6.07, 6.45) is 3.00. The van der Waals surface area contributed by atoms with Gasteiger partial charge in [0.05, 0.1) is 5.56 Å². The first-order chi connectivity index (χ1) is 6.13. The molecule has 4 N–H and O–H groups in total. The number of nitrogens with one attached hydrogen (secondary N) is 2. The Labute approximate surface area is 74.3 Å². The Balaban J connectivity index is 3.18. The number of rotatable bonds is 2. The summed E-state index contributed by atoms with van der Waals surface area (Å²) in [5.74, 6) is 0. The molecule has 0 amide bonds. The van der Waals surface area contributed by atoms with Gasteiger partial charge in [0.1, 0.15) is 0 Å². The molecule has 0 saturated heterocycles. The highest BCUT2D eigenvalue weighted by atomic mass is 16.2. The van der Waals surface area contributed by atoms with Crippen LogP contribution in [0, 0.1) is 0 Å². The van der Waals surface area contributed by atoms with Crippen molar-refractivity contribution < 1.29 is 0 Å². The standard InChI is InChI=1S/C8H11N3O2/c1-5(3-9)2-6-4-10-8(13)11-7(6)12/h2,4H,3,9H2,1H3,(H2,10,11,12,13)/b5-2-. The smallest absolute Gasteiger partial charge is 0.325 e. The van der Waals surface area contributed by atoms with E-state index in [1.54, 1.807) is 6.08 Å². The number of hydrogen-bond acceptors (Lipinski definition) is 3. The number of nitrogens with two attached hydrogens (primary N) is 1. The van der Waals surface area contributed by atoms with E-state index in [0.717, 1.165) is 5.57 Å². The van der Waals surface area contributed by atoms with Crippen LogP contribution in [0.15, 0.2) is 21.4 Å². The van der Waals surface area contributed by atoms with Crippen LogP contribution < -0.4 is 17.0 Å². The van der Waals surface area contributed by atoms with E-state index < -0.39 is 11.2 Å². The van der Waals surface area contributed by atoms with Crippen LogP contribution in [0.5, 0.6) is 0 Å². The maximum atomic E-state index is 11.1. The minimum Gasteiger partial charge on any atom is -0.327 e. The molecule has 70 valence electrons. The SMILES string of the molecule is C/C(=C/c1c[nH]c(=O)[nH]c1=O)CN. The highest BCUT2D eigenvalue weighted by Gasteiger charge is 1.95. The molecule has 0 aliphatic heterocycles. The van der Waals surface area contributed by atoms with Crippen LogP contribution in [0.2, 0.25) is 0 Å². The zero-order valence-electron chi connectivity index (χ0n) is 7.26. The van der Waals surface area contributed by atoms with Crippen molar-refractivity contribution in [2.45, 2.75) is 6.92 Å². The van der Waals surface area contributed by atoms with Gasteiger partial charge in [0.2, 0.25) is 0 Å². The summed E-state index contributed by atoms with van der Waals surface area (Å²) in [6.45, 7) is 2.20. The van der Waals surface area contributed by atoms with Gasteiger partial charge >= 0.3 is 5.69 Å². The second-order valence-corrected chi connectivity index (χ2v) is 2.72. The van der Waals surface area contributed by atoms with E-state index in [4.69, 9.17) is 5.73 Å². The van der Waals surface area contributed by atoms with Crippen molar-refractivity contribution in [3.05, 3.63) is 38.2 Å². The molecule has 0 spiro atoms. The predicted octanol–water partition coefficient (Wildman–Crippen LogP) is -0.575. The first kappa shape index (κ1) is 9.47. The normalized spacial score (nSPS) is 11.7. The van der Waals surface area contributed by atoms with E-state index in [1.165, 1.54) is 6.20 Å². The lowest BCUT2D eigenvalue weighted by atomic mass is 10.2. The van der Waals surface area contributed by atoms with Crippen LogP contribution in [-0.2, 0) is 0 Å². The van der Waals surface area contributed by atoms with Crippen LogP contribution in [-0.4, -0.2) is 16.5 Å². The van der Waals surface area contributed by atoms with Crippen LogP contribution in [0.25, 0.3) is 6.08 Å². The lowest BCUT2D eigenvalue weighted by Crippen LogP contribution is -2.23. The van der Waals surface area contributed by atoms with Gasteiger partial charge in [-0.25, -0.2) is 4.79 Å².